The van der Waals surface area contributed by atoms with Gasteiger partial charge in [0.15, 0.2) is 11.4 Å². The van der Waals surface area contributed by atoms with Gasteiger partial charge in [0, 0.05) is 37.0 Å². The fraction of sp³-hybridized carbons (Fsp3) is 0.321. The fourth-order valence-corrected chi connectivity index (χ4v) is 5.17. The van der Waals surface area contributed by atoms with E-state index in [9.17, 15) is 36.3 Å². The van der Waals surface area contributed by atoms with Gasteiger partial charge < -0.3 is 19.5 Å². The number of rotatable bonds is 7. The molecule has 2 amide bonds. The van der Waals surface area contributed by atoms with E-state index in [4.69, 9.17) is 4.74 Å². The average molecular weight is 562 g/mol. The zero-order valence-corrected chi connectivity index (χ0v) is 21.0. The summed E-state index contributed by atoms with van der Waals surface area (Å²) >= 11 is 0. The standard InChI is InChI=1S/C28H24F5N3O4/c29-16-9-20(30)18(21(31)10-16)11-34-27(38)19-13-35-17-7-4-8-22(26(32)33)36(12-17)28(39)23(35)25(24(19)37)40-14-15-5-2-1-3-6-15/h1-3,5-6,9-10,13,17,22,26H,4,7-8,11-12,14H2,(H,34,38)/t17?,22-/m1/s1. The molecule has 1 aromatic heterocycles. The SMILES string of the molecule is O=C(NCc1c(F)cc(F)cc1F)c1cn2c(c(OCc3ccccc3)c1=O)C(=O)N1CC2CCC[C@@H]1C(F)F. The molecule has 1 fully saturated rings. The summed E-state index contributed by atoms with van der Waals surface area (Å²) in [5.74, 6) is -5.87. The second kappa shape index (κ2) is 11.1. The molecule has 2 bridgehead atoms. The first kappa shape index (κ1) is 27.4. The smallest absolute Gasteiger partial charge is 0.275 e. The molecule has 1 unspecified atom stereocenters. The molecule has 40 heavy (non-hydrogen) atoms. The number of amides is 2. The minimum Gasteiger partial charge on any atom is -0.483 e. The number of ether oxygens (including phenoxy) is 1. The number of hydrogen-bond acceptors (Lipinski definition) is 4. The van der Waals surface area contributed by atoms with Gasteiger partial charge in [-0.1, -0.05) is 30.3 Å². The third-order valence-electron chi connectivity index (χ3n) is 7.19. The van der Waals surface area contributed by atoms with Crippen LogP contribution < -0.4 is 15.5 Å². The topological polar surface area (TPSA) is 80.6 Å². The van der Waals surface area contributed by atoms with E-state index in [1.54, 1.807) is 30.3 Å². The van der Waals surface area contributed by atoms with Gasteiger partial charge in [-0.15, -0.1) is 0 Å². The van der Waals surface area contributed by atoms with Gasteiger partial charge in [0.2, 0.25) is 5.43 Å². The number of nitrogens with one attached hydrogen (secondary N) is 1. The van der Waals surface area contributed by atoms with Crippen LogP contribution in [0.3, 0.4) is 0 Å². The first-order valence-corrected chi connectivity index (χ1v) is 12.6. The molecule has 1 N–H and O–H groups in total. The summed E-state index contributed by atoms with van der Waals surface area (Å²) in [6, 6.07) is 7.74. The Bertz CT molecular complexity index is 1490. The van der Waals surface area contributed by atoms with Crippen molar-refractivity contribution in [3.63, 3.8) is 0 Å². The van der Waals surface area contributed by atoms with Crippen LogP contribution in [0.5, 0.6) is 5.75 Å². The predicted octanol–water partition coefficient (Wildman–Crippen LogP) is 4.59. The molecule has 210 valence electrons. The highest BCUT2D eigenvalue weighted by atomic mass is 19.3. The molecule has 0 aliphatic carbocycles. The Balaban J connectivity index is 1.55. The van der Waals surface area contributed by atoms with Crippen LogP contribution in [0.2, 0.25) is 0 Å². The van der Waals surface area contributed by atoms with E-state index in [-0.39, 0.29) is 25.3 Å². The molecule has 7 nitrogen and oxygen atoms in total. The minimum atomic E-state index is -2.79. The van der Waals surface area contributed by atoms with Gasteiger partial charge >= 0.3 is 0 Å². The lowest BCUT2D eigenvalue weighted by Gasteiger charge is -2.38. The van der Waals surface area contributed by atoms with Gasteiger partial charge in [-0.25, -0.2) is 22.0 Å². The number of hydrogen-bond donors (Lipinski definition) is 1. The number of fused-ring (bicyclic) bond motifs is 4. The van der Waals surface area contributed by atoms with Gasteiger partial charge in [0.25, 0.3) is 18.2 Å². The van der Waals surface area contributed by atoms with Crippen molar-refractivity contribution in [1.29, 1.82) is 0 Å². The molecule has 3 heterocycles. The highest BCUT2D eigenvalue weighted by molar-refractivity contribution is 5.99. The van der Waals surface area contributed by atoms with Crippen molar-refractivity contribution in [3.8, 4) is 5.75 Å². The Morgan fingerprint density at radius 3 is 2.42 bits per heavy atom. The maximum absolute atomic E-state index is 14.1. The van der Waals surface area contributed by atoms with Crippen molar-refractivity contribution in [2.45, 2.75) is 50.9 Å². The van der Waals surface area contributed by atoms with Crippen molar-refractivity contribution in [3.05, 3.63) is 98.7 Å². The predicted molar refractivity (Wildman–Crippen MR) is 133 cm³/mol. The molecule has 0 radical (unpaired) electrons. The normalized spacial score (nSPS) is 18.4. The number of carbonyl (C=O) groups is 2. The highest BCUT2D eigenvalue weighted by Crippen LogP contribution is 2.36. The second-order valence-electron chi connectivity index (χ2n) is 9.71. The van der Waals surface area contributed by atoms with E-state index in [1.165, 1.54) is 4.57 Å². The highest BCUT2D eigenvalue weighted by Gasteiger charge is 2.43. The molecule has 5 rings (SSSR count). The molecule has 0 saturated carbocycles. The number of aromatic nitrogens is 1. The number of halogens is 5. The summed E-state index contributed by atoms with van der Waals surface area (Å²) < 4.78 is 76.3. The van der Waals surface area contributed by atoms with E-state index in [1.807, 2.05) is 0 Å². The van der Waals surface area contributed by atoms with Crippen LogP contribution in [-0.2, 0) is 13.2 Å². The maximum Gasteiger partial charge on any atom is 0.275 e. The quantitative estimate of drug-likeness (QED) is 0.428. The number of carbonyl (C=O) groups excluding carboxylic acids is 2. The van der Waals surface area contributed by atoms with Crippen molar-refractivity contribution in [1.82, 2.24) is 14.8 Å². The van der Waals surface area contributed by atoms with Crippen LogP contribution in [0.15, 0.2) is 53.5 Å². The maximum atomic E-state index is 14.1. The molecular weight excluding hydrogens is 537 g/mol. The molecular formula is C28H24F5N3O4. The van der Waals surface area contributed by atoms with E-state index in [2.05, 4.69) is 5.32 Å². The first-order chi connectivity index (χ1) is 19.2. The van der Waals surface area contributed by atoms with E-state index < -0.39 is 76.6 Å². The van der Waals surface area contributed by atoms with E-state index in [0.717, 1.165) is 11.1 Å². The summed E-state index contributed by atoms with van der Waals surface area (Å²) in [7, 11) is 0. The van der Waals surface area contributed by atoms with Gasteiger partial charge in [0.05, 0.1) is 12.1 Å². The van der Waals surface area contributed by atoms with Crippen LogP contribution >= 0.6 is 0 Å². The zero-order valence-electron chi connectivity index (χ0n) is 21.0. The Kier molecular flexibility index (Phi) is 7.59. The van der Waals surface area contributed by atoms with Crippen LogP contribution in [0.1, 0.15) is 57.3 Å². The summed E-state index contributed by atoms with van der Waals surface area (Å²) in [6.45, 7) is -0.893. The molecule has 2 aromatic carbocycles. The van der Waals surface area contributed by atoms with Crippen LogP contribution in [-0.4, -0.2) is 40.3 Å². The van der Waals surface area contributed by atoms with Gasteiger partial charge in [-0.2, -0.15) is 0 Å². The second-order valence-corrected chi connectivity index (χ2v) is 9.71. The molecule has 12 heteroatoms. The Morgan fingerprint density at radius 1 is 1.05 bits per heavy atom. The Hall–Kier alpha value is -4.22. The van der Waals surface area contributed by atoms with Crippen molar-refractivity contribution < 1.29 is 36.3 Å². The average Bonchev–Trinajstić information content (AvgIpc) is 3.12. The lowest BCUT2D eigenvalue weighted by atomic mass is 10.1. The minimum absolute atomic E-state index is 0.0467. The number of nitrogens with zero attached hydrogens (tertiary/aromatic N) is 2. The lowest BCUT2D eigenvalue weighted by molar-refractivity contribution is 0.0137. The Labute approximate surface area is 225 Å². The van der Waals surface area contributed by atoms with Crippen molar-refractivity contribution >= 4 is 11.8 Å². The summed E-state index contributed by atoms with van der Waals surface area (Å²) in [5, 5.41) is 2.26. The van der Waals surface area contributed by atoms with Crippen LogP contribution in [0.25, 0.3) is 0 Å². The molecule has 1 saturated heterocycles. The third-order valence-corrected chi connectivity index (χ3v) is 7.19. The zero-order chi connectivity index (χ0) is 28.6. The van der Waals surface area contributed by atoms with Gasteiger partial charge in [-0.05, 0) is 24.8 Å². The summed E-state index contributed by atoms with van der Waals surface area (Å²) in [5.41, 5.74) is -1.66. The molecule has 0 spiro atoms. The first-order valence-electron chi connectivity index (χ1n) is 12.6. The molecule has 2 aliphatic rings. The fourth-order valence-electron chi connectivity index (χ4n) is 5.17. The summed E-state index contributed by atoms with van der Waals surface area (Å²) in [4.78, 5) is 41.2. The molecule has 3 aromatic rings. The van der Waals surface area contributed by atoms with Crippen LogP contribution in [0, 0.1) is 17.5 Å². The third kappa shape index (κ3) is 5.17. The molecule has 2 aliphatic heterocycles. The van der Waals surface area contributed by atoms with Crippen molar-refractivity contribution in [2.24, 2.45) is 0 Å². The van der Waals surface area contributed by atoms with E-state index in [0.29, 0.717) is 30.5 Å². The van der Waals surface area contributed by atoms with Crippen LogP contribution in [0.4, 0.5) is 22.0 Å². The number of pyridine rings is 1. The Morgan fingerprint density at radius 2 is 1.75 bits per heavy atom. The number of alkyl halides is 2. The van der Waals surface area contributed by atoms with E-state index >= 15 is 0 Å². The number of benzene rings is 2. The largest absolute Gasteiger partial charge is 0.483 e. The molecule has 2 atom stereocenters. The lowest BCUT2D eigenvalue weighted by Crippen LogP contribution is -2.50. The summed E-state index contributed by atoms with van der Waals surface area (Å²) in [6.07, 6.45) is -0.788. The van der Waals surface area contributed by atoms with Crippen molar-refractivity contribution in [2.75, 3.05) is 6.54 Å². The monoisotopic (exact) mass is 561 g/mol. The van der Waals surface area contributed by atoms with Gasteiger partial charge in [0.1, 0.15) is 29.6 Å². The van der Waals surface area contributed by atoms with Gasteiger partial charge in [-0.3, -0.25) is 14.4 Å².